The van der Waals surface area contributed by atoms with Gasteiger partial charge in [0.15, 0.2) is 6.35 Å². The summed E-state index contributed by atoms with van der Waals surface area (Å²) in [5, 5.41) is 0. The van der Waals surface area contributed by atoms with Crippen molar-refractivity contribution in [2.45, 2.75) is 26.4 Å². The van der Waals surface area contributed by atoms with E-state index in [2.05, 4.69) is 20.8 Å². The smallest absolute Gasteiger partial charge is 0.150 e. The van der Waals surface area contributed by atoms with Gasteiger partial charge in [0.25, 0.3) is 0 Å². The Balaban J connectivity index is 3.15. The summed E-state index contributed by atoms with van der Waals surface area (Å²) in [6.07, 6.45) is 0.837. The highest BCUT2D eigenvalue weighted by atomic mass is 31.0. The molecule has 0 spiro atoms. The van der Waals surface area contributed by atoms with Crippen LogP contribution >= 0.6 is 9.24 Å². The van der Waals surface area contributed by atoms with E-state index in [0.717, 1.165) is 6.35 Å². The van der Waals surface area contributed by atoms with Crippen molar-refractivity contribution in [3.63, 3.8) is 0 Å². The zero-order valence-electron chi connectivity index (χ0n) is 5.32. The fraction of sp³-hybridized carbons (Fsp3) is 1.00. The number of hydrogen-bond donors (Lipinski definition) is 0. The van der Waals surface area contributed by atoms with Crippen molar-refractivity contribution in [2.75, 3.05) is 6.35 Å². The highest BCUT2D eigenvalue weighted by Gasteiger charge is 2.07. The van der Waals surface area contributed by atoms with Gasteiger partial charge in [-0.1, -0.05) is 0 Å². The van der Waals surface area contributed by atoms with E-state index in [1.165, 1.54) is 0 Å². The fourth-order valence-electron chi connectivity index (χ4n) is 0.306. The predicted octanol–water partition coefficient (Wildman–Crippen LogP) is 1.37. The zero-order valence-corrected chi connectivity index (χ0v) is 6.74. The first-order valence-corrected chi connectivity index (χ1v) is 3.49. The van der Waals surface area contributed by atoms with Crippen molar-refractivity contribution in [2.24, 2.45) is 0 Å². The van der Waals surface area contributed by atoms with Crippen LogP contribution < -0.4 is 0 Å². The molecule has 1 atom stereocenters. The Kier molecular flexibility index (Phi) is 2.78. The zero-order chi connectivity index (χ0) is 5.91. The lowest BCUT2D eigenvalue weighted by Gasteiger charge is -2.15. The highest BCUT2D eigenvalue weighted by Crippen LogP contribution is 2.06. The summed E-state index contributed by atoms with van der Waals surface area (Å²) < 4.78 is 5.24. The molecule has 0 N–H and O–H groups in total. The van der Waals surface area contributed by atoms with Crippen molar-refractivity contribution in [1.82, 2.24) is 0 Å². The molecule has 0 saturated carbocycles. The van der Waals surface area contributed by atoms with Crippen LogP contribution in [0.5, 0.6) is 0 Å². The second-order valence-corrected chi connectivity index (χ2v) is 2.87. The van der Waals surface area contributed by atoms with Gasteiger partial charge in [-0.25, -0.2) is 0 Å². The molecule has 7 heavy (non-hydrogen) atoms. The SMILES string of the molecule is CC(C)(C)OC[PH3+]. The molecule has 0 fully saturated rings. The Bertz CT molecular complexity index is 46.5. The second-order valence-electron chi connectivity index (χ2n) is 2.46. The van der Waals surface area contributed by atoms with Crippen LogP contribution in [0, 0.1) is 0 Å². The minimum absolute atomic E-state index is 0.0573. The van der Waals surface area contributed by atoms with Crippen molar-refractivity contribution in [3.8, 4) is 0 Å². The third-order valence-corrected chi connectivity index (χ3v) is 0.739. The van der Waals surface area contributed by atoms with E-state index in [0.29, 0.717) is 0 Å². The minimum atomic E-state index is 0.0573. The van der Waals surface area contributed by atoms with Crippen LogP contribution in [0.2, 0.25) is 0 Å². The molecule has 0 rings (SSSR count). The molecule has 0 bridgehead atoms. The van der Waals surface area contributed by atoms with Gasteiger partial charge in [-0.3, -0.25) is 0 Å². The van der Waals surface area contributed by atoms with Gasteiger partial charge in [-0.2, -0.15) is 0 Å². The van der Waals surface area contributed by atoms with Crippen LogP contribution in [0.15, 0.2) is 0 Å². The van der Waals surface area contributed by atoms with Crippen LogP contribution in [0.4, 0.5) is 0 Å². The molecule has 0 saturated heterocycles. The lowest BCUT2D eigenvalue weighted by Crippen LogP contribution is -2.17. The number of rotatable bonds is 1. The van der Waals surface area contributed by atoms with Gasteiger partial charge < -0.3 is 4.74 Å². The first-order chi connectivity index (χ1) is 3.06. The van der Waals surface area contributed by atoms with Crippen molar-refractivity contribution < 1.29 is 4.74 Å². The van der Waals surface area contributed by atoms with Crippen LogP contribution in [0.25, 0.3) is 0 Å². The maximum atomic E-state index is 5.24. The van der Waals surface area contributed by atoms with Crippen LogP contribution in [0.1, 0.15) is 20.8 Å². The van der Waals surface area contributed by atoms with E-state index in [4.69, 9.17) is 4.74 Å². The molecule has 0 heterocycles. The van der Waals surface area contributed by atoms with Crippen LogP contribution in [-0.2, 0) is 4.74 Å². The first-order valence-electron chi connectivity index (χ1n) is 2.49. The van der Waals surface area contributed by atoms with Gasteiger partial charge >= 0.3 is 0 Å². The van der Waals surface area contributed by atoms with E-state index in [1.54, 1.807) is 0 Å². The monoisotopic (exact) mass is 121 g/mol. The average molecular weight is 121 g/mol. The topological polar surface area (TPSA) is 9.23 Å². The summed E-state index contributed by atoms with van der Waals surface area (Å²) in [6, 6.07) is 0. The van der Waals surface area contributed by atoms with Crippen LogP contribution in [0.3, 0.4) is 0 Å². The van der Waals surface area contributed by atoms with Gasteiger partial charge in [-0.05, 0) is 20.8 Å². The Hall–Kier alpha value is 0.390. The van der Waals surface area contributed by atoms with Gasteiger partial charge in [0.2, 0.25) is 0 Å². The second kappa shape index (κ2) is 2.64. The van der Waals surface area contributed by atoms with Crippen molar-refractivity contribution in [1.29, 1.82) is 0 Å². The molecular weight excluding hydrogens is 107 g/mol. The van der Waals surface area contributed by atoms with Gasteiger partial charge in [0.05, 0.1) is 5.60 Å². The summed E-state index contributed by atoms with van der Waals surface area (Å²) >= 11 is 0. The van der Waals surface area contributed by atoms with Crippen molar-refractivity contribution in [3.05, 3.63) is 0 Å². The molecule has 44 valence electrons. The molecule has 0 aliphatic heterocycles. The lowest BCUT2D eigenvalue weighted by atomic mass is 10.2. The highest BCUT2D eigenvalue weighted by molar-refractivity contribution is 7.16. The number of hydrogen-bond acceptors (Lipinski definition) is 1. The van der Waals surface area contributed by atoms with Gasteiger partial charge in [0, 0.05) is 9.24 Å². The molecule has 0 aliphatic carbocycles. The predicted molar refractivity (Wildman–Crippen MR) is 36.8 cm³/mol. The Labute approximate surface area is 47.6 Å². The molecule has 1 nitrogen and oxygen atoms in total. The van der Waals surface area contributed by atoms with Crippen LogP contribution in [-0.4, -0.2) is 11.9 Å². The maximum absolute atomic E-state index is 5.24. The third-order valence-electron chi connectivity index (χ3n) is 0.535. The fourth-order valence-corrected chi connectivity index (χ4v) is 0.919. The molecule has 1 unspecified atom stereocenters. The maximum Gasteiger partial charge on any atom is 0.150 e. The standard InChI is InChI=1S/C5H13OP/c1-5(2,3)6-4-7/h4,7H2,1-3H3/p+1. The van der Waals surface area contributed by atoms with Gasteiger partial charge in [0.1, 0.15) is 0 Å². The summed E-state index contributed by atoms with van der Waals surface area (Å²) in [4.78, 5) is 0. The Morgan fingerprint density at radius 1 is 1.43 bits per heavy atom. The molecular formula is C5H14OP+. The van der Waals surface area contributed by atoms with E-state index >= 15 is 0 Å². The first kappa shape index (κ1) is 7.39. The lowest BCUT2D eigenvalue weighted by molar-refractivity contribution is 0.0284. The largest absolute Gasteiger partial charge is 0.341 e. The quantitative estimate of drug-likeness (QED) is 0.476. The Morgan fingerprint density at radius 3 is 1.86 bits per heavy atom. The molecule has 0 aromatic heterocycles. The summed E-state index contributed by atoms with van der Waals surface area (Å²) in [5.74, 6) is 0. The average Bonchev–Trinajstić information content (AvgIpc) is 1.30. The van der Waals surface area contributed by atoms with E-state index in [-0.39, 0.29) is 5.60 Å². The van der Waals surface area contributed by atoms with E-state index in [9.17, 15) is 0 Å². The Morgan fingerprint density at radius 2 is 1.86 bits per heavy atom. The van der Waals surface area contributed by atoms with E-state index < -0.39 is 0 Å². The summed E-state index contributed by atoms with van der Waals surface area (Å²) in [5.41, 5.74) is 0.0573. The van der Waals surface area contributed by atoms with Crippen molar-refractivity contribution >= 4 is 9.24 Å². The summed E-state index contributed by atoms with van der Waals surface area (Å²) in [7, 11) is 1.83. The molecule has 0 aliphatic rings. The number of ether oxygens (including phenoxy) is 1. The molecule has 0 aromatic rings. The third kappa shape index (κ3) is 6.39. The minimum Gasteiger partial charge on any atom is -0.341 e. The molecule has 0 radical (unpaired) electrons. The summed E-state index contributed by atoms with van der Waals surface area (Å²) in [6.45, 7) is 6.17. The molecule has 0 aromatic carbocycles. The molecule has 2 heteroatoms. The normalized spacial score (nSPS) is 12.4. The molecule has 0 amide bonds. The van der Waals surface area contributed by atoms with Gasteiger partial charge in [-0.15, -0.1) is 0 Å². The van der Waals surface area contributed by atoms with E-state index in [1.807, 2.05) is 9.24 Å².